The molecule has 3 heterocycles. The van der Waals surface area contributed by atoms with Gasteiger partial charge in [-0.15, -0.1) is 34.3 Å². The molecular weight excluding hydrogens is 564 g/mol. The minimum Gasteiger partial charge on any atom is -0.379 e. The molecule has 40 heavy (non-hydrogen) atoms. The second-order valence-electron chi connectivity index (χ2n) is 10.4. The molecule has 9 heteroatoms. The molecule has 6 nitrogen and oxygen atoms in total. The van der Waals surface area contributed by atoms with Gasteiger partial charge in [-0.05, 0) is 81.5 Å². The summed E-state index contributed by atoms with van der Waals surface area (Å²) in [5, 5.41) is 2.07. The van der Waals surface area contributed by atoms with Crippen LogP contribution in [0, 0.1) is 5.92 Å². The molecule has 0 spiro atoms. The molecule has 2 aromatic heterocycles. The molecule has 1 amide bonds. The first-order valence-electron chi connectivity index (χ1n) is 14.5. The van der Waals surface area contributed by atoms with Crippen LogP contribution >= 0.6 is 34.3 Å². The SMILES string of the molecule is CC1=N/C(=C\c2ccc(-c3cccs3)s2)C(=O)N1C1CCC(C(=O)CCCOCCOCCCCCCCl)CC1. The number of aliphatic imine (C=N–C) groups is 1. The Balaban J connectivity index is 1.12. The molecule has 2 aromatic rings. The second-order valence-corrected chi connectivity index (χ2v) is 12.9. The topological polar surface area (TPSA) is 68.2 Å². The third-order valence-electron chi connectivity index (χ3n) is 7.51. The summed E-state index contributed by atoms with van der Waals surface area (Å²) in [4.78, 5) is 36.0. The van der Waals surface area contributed by atoms with Crippen molar-refractivity contribution in [3.05, 3.63) is 40.2 Å². The molecule has 4 rings (SSSR count). The van der Waals surface area contributed by atoms with Crippen molar-refractivity contribution in [1.29, 1.82) is 0 Å². The number of ether oxygens (including phenoxy) is 2. The van der Waals surface area contributed by atoms with E-state index in [0.717, 1.165) is 81.0 Å². The molecule has 1 fully saturated rings. The average molecular weight is 605 g/mol. The largest absolute Gasteiger partial charge is 0.379 e. The second kappa shape index (κ2) is 16.6. The number of Topliss-reactive ketones (excluding diaryl/α,β-unsaturated/α-hetero) is 1. The number of halogens is 1. The zero-order valence-electron chi connectivity index (χ0n) is 23.4. The lowest BCUT2D eigenvalue weighted by Crippen LogP contribution is -2.43. The molecule has 0 saturated heterocycles. The molecule has 1 aliphatic heterocycles. The van der Waals surface area contributed by atoms with Crippen LogP contribution in [0.25, 0.3) is 15.8 Å². The Hall–Kier alpha value is -1.84. The van der Waals surface area contributed by atoms with Gasteiger partial charge in [0.05, 0.1) is 13.2 Å². The Bertz CT molecular complexity index is 1140. The van der Waals surface area contributed by atoms with E-state index in [9.17, 15) is 9.59 Å². The third-order valence-corrected chi connectivity index (χ3v) is 9.88. The number of unbranched alkanes of at least 4 members (excludes halogenated alkanes) is 3. The van der Waals surface area contributed by atoms with Crippen molar-refractivity contribution in [3.8, 4) is 9.75 Å². The maximum atomic E-state index is 13.3. The van der Waals surface area contributed by atoms with Crippen LogP contribution in [0.1, 0.15) is 76.0 Å². The van der Waals surface area contributed by atoms with Crippen molar-refractivity contribution in [2.24, 2.45) is 10.9 Å². The predicted molar refractivity (Wildman–Crippen MR) is 166 cm³/mol. The summed E-state index contributed by atoms with van der Waals surface area (Å²) in [7, 11) is 0. The van der Waals surface area contributed by atoms with Gasteiger partial charge < -0.3 is 9.47 Å². The van der Waals surface area contributed by atoms with Crippen LogP contribution in [0.5, 0.6) is 0 Å². The van der Waals surface area contributed by atoms with E-state index in [1.165, 1.54) is 9.75 Å². The summed E-state index contributed by atoms with van der Waals surface area (Å²) in [6.45, 7) is 4.45. The zero-order chi connectivity index (χ0) is 28.2. The number of thiophene rings is 2. The number of ketones is 1. The molecule has 0 N–H and O–H groups in total. The number of hydrogen-bond donors (Lipinski definition) is 0. The molecule has 218 valence electrons. The fourth-order valence-corrected chi connectivity index (χ4v) is 7.34. The number of carbonyl (C=O) groups is 2. The molecule has 1 saturated carbocycles. The number of amides is 1. The standard InChI is InChI=1S/C31H41ClN2O4S2/c1-23-33-27(22-26-14-15-30(40-26)29-9-7-21-39-29)31(36)34(23)25-12-10-24(11-13-25)28(35)8-6-18-38-20-19-37-17-5-3-2-4-16-32/h7,9,14-15,21-22,24-25H,2-6,8,10-13,16-20H2,1H3/b27-22-. The maximum absolute atomic E-state index is 13.3. The molecular formula is C31H41ClN2O4S2. The van der Waals surface area contributed by atoms with Crippen LogP contribution in [0.15, 0.2) is 40.3 Å². The van der Waals surface area contributed by atoms with Crippen molar-refractivity contribution >= 4 is 57.9 Å². The summed E-state index contributed by atoms with van der Waals surface area (Å²) in [5.74, 6) is 1.89. The molecule has 0 radical (unpaired) electrons. The van der Waals surface area contributed by atoms with Gasteiger partial charge in [0.25, 0.3) is 5.91 Å². The fraction of sp³-hybridized carbons (Fsp3) is 0.581. The highest BCUT2D eigenvalue weighted by Crippen LogP contribution is 2.35. The van der Waals surface area contributed by atoms with Crippen LogP contribution in [0.3, 0.4) is 0 Å². The summed E-state index contributed by atoms with van der Waals surface area (Å²) in [6.07, 6.45) is 11.0. The monoisotopic (exact) mass is 604 g/mol. The van der Waals surface area contributed by atoms with Gasteiger partial charge in [0.1, 0.15) is 17.3 Å². The number of nitrogens with zero attached hydrogens (tertiary/aromatic N) is 2. The van der Waals surface area contributed by atoms with Gasteiger partial charge in [-0.3, -0.25) is 14.5 Å². The van der Waals surface area contributed by atoms with E-state index in [2.05, 4.69) is 28.6 Å². The van der Waals surface area contributed by atoms with Gasteiger partial charge in [-0.25, -0.2) is 4.99 Å². The Kier molecular flexibility index (Phi) is 12.9. The average Bonchev–Trinajstić information content (AvgIpc) is 3.71. The first-order chi connectivity index (χ1) is 19.6. The number of rotatable bonds is 17. The Morgan fingerprint density at radius 3 is 2.48 bits per heavy atom. The molecule has 0 unspecified atom stereocenters. The fourth-order valence-electron chi connectivity index (χ4n) is 5.37. The smallest absolute Gasteiger partial charge is 0.278 e. The number of alkyl halides is 1. The van der Waals surface area contributed by atoms with Crippen LogP contribution < -0.4 is 0 Å². The van der Waals surface area contributed by atoms with Crippen molar-refractivity contribution in [2.75, 3.05) is 32.3 Å². The number of carbonyl (C=O) groups excluding carboxylic acids is 2. The summed E-state index contributed by atoms with van der Waals surface area (Å²) < 4.78 is 11.2. The molecule has 0 atom stereocenters. The normalized spacial score (nSPS) is 20.4. The minimum absolute atomic E-state index is 0.0224. The quantitative estimate of drug-likeness (QED) is 0.105. The summed E-state index contributed by atoms with van der Waals surface area (Å²) in [5.41, 5.74) is 0.503. The van der Waals surface area contributed by atoms with E-state index in [1.807, 2.05) is 24.0 Å². The van der Waals surface area contributed by atoms with Gasteiger partial charge >= 0.3 is 0 Å². The van der Waals surface area contributed by atoms with E-state index in [4.69, 9.17) is 21.1 Å². The van der Waals surface area contributed by atoms with Gasteiger partial charge in [-0.1, -0.05) is 18.9 Å². The molecule has 2 aliphatic rings. The van der Waals surface area contributed by atoms with Gasteiger partial charge in [0, 0.05) is 52.1 Å². The molecule has 0 aromatic carbocycles. The first kappa shape index (κ1) is 31.1. The van der Waals surface area contributed by atoms with E-state index in [-0.39, 0.29) is 17.9 Å². The van der Waals surface area contributed by atoms with Crippen LogP contribution in [0.4, 0.5) is 0 Å². The van der Waals surface area contributed by atoms with E-state index < -0.39 is 0 Å². The lowest BCUT2D eigenvalue weighted by Gasteiger charge is -2.34. The number of hydrogen-bond acceptors (Lipinski definition) is 7. The Labute approximate surface area is 251 Å². The maximum Gasteiger partial charge on any atom is 0.278 e. The van der Waals surface area contributed by atoms with E-state index in [1.54, 1.807) is 22.7 Å². The van der Waals surface area contributed by atoms with Crippen molar-refractivity contribution in [3.63, 3.8) is 0 Å². The van der Waals surface area contributed by atoms with Crippen LogP contribution in [-0.4, -0.2) is 60.8 Å². The van der Waals surface area contributed by atoms with Gasteiger partial charge in [0.15, 0.2) is 0 Å². The third kappa shape index (κ3) is 9.08. The highest BCUT2D eigenvalue weighted by Gasteiger charge is 2.36. The van der Waals surface area contributed by atoms with Crippen molar-refractivity contribution < 1.29 is 19.1 Å². The van der Waals surface area contributed by atoms with E-state index >= 15 is 0 Å². The lowest BCUT2D eigenvalue weighted by atomic mass is 9.81. The summed E-state index contributed by atoms with van der Waals surface area (Å²) >= 11 is 9.07. The Morgan fingerprint density at radius 1 is 1.00 bits per heavy atom. The highest BCUT2D eigenvalue weighted by molar-refractivity contribution is 7.21. The van der Waals surface area contributed by atoms with Crippen LogP contribution in [0.2, 0.25) is 0 Å². The van der Waals surface area contributed by atoms with Gasteiger partial charge in [-0.2, -0.15) is 0 Å². The molecule has 1 aliphatic carbocycles. The summed E-state index contributed by atoms with van der Waals surface area (Å²) in [6, 6.07) is 8.42. The molecule has 0 bridgehead atoms. The Morgan fingerprint density at radius 2 is 1.75 bits per heavy atom. The van der Waals surface area contributed by atoms with E-state index in [0.29, 0.717) is 37.7 Å². The zero-order valence-corrected chi connectivity index (χ0v) is 25.8. The first-order valence-corrected chi connectivity index (χ1v) is 16.8. The van der Waals surface area contributed by atoms with Crippen molar-refractivity contribution in [1.82, 2.24) is 4.90 Å². The van der Waals surface area contributed by atoms with Gasteiger partial charge in [0.2, 0.25) is 0 Å². The van der Waals surface area contributed by atoms with Crippen molar-refractivity contribution in [2.45, 2.75) is 77.2 Å². The number of amidine groups is 1. The lowest BCUT2D eigenvalue weighted by molar-refractivity contribution is -0.126. The minimum atomic E-state index is -0.0224. The predicted octanol–water partition coefficient (Wildman–Crippen LogP) is 7.82. The van der Waals surface area contributed by atoms with Crippen LogP contribution in [-0.2, 0) is 19.1 Å². The highest BCUT2D eigenvalue weighted by atomic mass is 35.5.